The van der Waals surface area contributed by atoms with Gasteiger partial charge in [-0.1, -0.05) is 63.8 Å². The third kappa shape index (κ3) is 6.98. The lowest BCUT2D eigenvalue weighted by Gasteiger charge is -2.08. The van der Waals surface area contributed by atoms with Crippen LogP contribution < -0.4 is 4.74 Å². The van der Waals surface area contributed by atoms with Crippen molar-refractivity contribution in [1.29, 1.82) is 0 Å². The smallest absolute Gasteiger partial charge is 0.159 e. The number of ether oxygens (including phenoxy) is 1. The predicted molar refractivity (Wildman–Crippen MR) is 125 cm³/mol. The fourth-order valence-corrected chi connectivity index (χ4v) is 3.44. The molecule has 0 aliphatic rings. The molecule has 3 nitrogen and oxygen atoms in total. The molecule has 158 valence electrons. The molecule has 0 spiro atoms. The molecular formula is C27H34N2O. The van der Waals surface area contributed by atoms with E-state index in [9.17, 15) is 0 Å². The molecule has 0 aliphatic carbocycles. The highest BCUT2D eigenvalue weighted by molar-refractivity contribution is 5.55. The monoisotopic (exact) mass is 402 g/mol. The first-order valence-corrected chi connectivity index (χ1v) is 11.4. The molecule has 3 rings (SSSR count). The van der Waals surface area contributed by atoms with E-state index < -0.39 is 0 Å². The molecule has 1 heterocycles. The molecule has 2 aromatic carbocycles. The van der Waals surface area contributed by atoms with Gasteiger partial charge < -0.3 is 4.74 Å². The minimum Gasteiger partial charge on any atom is -0.489 e. The van der Waals surface area contributed by atoms with Crippen LogP contribution in [0.5, 0.6) is 5.75 Å². The summed E-state index contributed by atoms with van der Waals surface area (Å²) in [4.78, 5) is 9.10. The third-order valence-corrected chi connectivity index (χ3v) is 5.38. The van der Waals surface area contributed by atoms with Gasteiger partial charge in [0.2, 0.25) is 0 Å². The van der Waals surface area contributed by atoms with Gasteiger partial charge in [-0.05, 0) is 66.6 Å². The fraction of sp³-hybridized carbons (Fsp3) is 0.407. The van der Waals surface area contributed by atoms with Crippen molar-refractivity contribution in [1.82, 2.24) is 9.97 Å². The Bertz CT molecular complexity index is 855. The first-order valence-electron chi connectivity index (χ1n) is 11.4. The topological polar surface area (TPSA) is 35.0 Å². The lowest BCUT2D eigenvalue weighted by molar-refractivity contribution is 0.306. The molecular weight excluding hydrogens is 368 g/mol. The van der Waals surface area contributed by atoms with Crippen molar-refractivity contribution in [2.75, 3.05) is 0 Å². The van der Waals surface area contributed by atoms with Crippen molar-refractivity contribution in [3.63, 3.8) is 0 Å². The second-order valence-corrected chi connectivity index (χ2v) is 7.96. The van der Waals surface area contributed by atoms with Crippen molar-refractivity contribution in [3.05, 3.63) is 77.6 Å². The summed E-state index contributed by atoms with van der Waals surface area (Å²) in [6, 6.07) is 16.8. The molecule has 0 fully saturated rings. The number of unbranched alkanes of at least 4 members (excludes halogenated alkanes) is 4. The van der Waals surface area contributed by atoms with Crippen molar-refractivity contribution in [2.24, 2.45) is 0 Å². The fourth-order valence-electron chi connectivity index (χ4n) is 3.44. The Balaban J connectivity index is 1.49. The molecule has 30 heavy (non-hydrogen) atoms. The van der Waals surface area contributed by atoms with Gasteiger partial charge in [0, 0.05) is 18.0 Å². The highest BCUT2D eigenvalue weighted by Gasteiger charge is 2.03. The molecule has 0 aliphatic heterocycles. The molecule has 0 bridgehead atoms. The van der Waals surface area contributed by atoms with Gasteiger partial charge in [-0.15, -0.1) is 0 Å². The van der Waals surface area contributed by atoms with Crippen LogP contribution in [-0.2, 0) is 19.4 Å². The summed E-state index contributed by atoms with van der Waals surface area (Å²) in [5.41, 5.74) is 4.82. The van der Waals surface area contributed by atoms with Crippen LogP contribution in [0.4, 0.5) is 0 Å². The second-order valence-electron chi connectivity index (χ2n) is 7.96. The number of aryl methyl sites for hydroxylation is 2. The van der Waals surface area contributed by atoms with E-state index in [4.69, 9.17) is 4.74 Å². The van der Waals surface area contributed by atoms with Crippen LogP contribution in [0, 0.1) is 0 Å². The van der Waals surface area contributed by atoms with Crippen molar-refractivity contribution in [3.8, 4) is 17.1 Å². The Hall–Kier alpha value is -2.68. The van der Waals surface area contributed by atoms with Crippen molar-refractivity contribution >= 4 is 0 Å². The maximum absolute atomic E-state index is 5.95. The Morgan fingerprint density at radius 2 is 1.27 bits per heavy atom. The Labute approximate surface area is 181 Å². The highest BCUT2D eigenvalue weighted by Crippen LogP contribution is 2.20. The van der Waals surface area contributed by atoms with Crippen LogP contribution in [0.1, 0.15) is 69.1 Å². The van der Waals surface area contributed by atoms with Gasteiger partial charge in [0.05, 0.1) is 0 Å². The molecule has 1 aromatic heterocycles. The number of hydrogen-bond acceptors (Lipinski definition) is 3. The maximum atomic E-state index is 5.95. The molecule has 3 heteroatoms. The lowest BCUT2D eigenvalue weighted by atomic mass is 10.1. The second kappa shape index (κ2) is 12.1. The Kier molecular flexibility index (Phi) is 8.89. The molecule has 3 aromatic rings. The minimum atomic E-state index is 0.580. The summed E-state index contributed by atoms with van der Waals surface area (Å²) in [5, 5.41) is 0. The summed E-state index contributed by atoms with van der Waals surface area (Å²) >= 11 is 0. The van der Waals surface area contributed by atoms with Crippen LogP contribution in [0.3, 0.4) is 0 Å². The summed E-state index contributed by atoms with van der Waals surface area (Å²) in [7, 11) is 0. The molecule has 0 amide bonds. The molecule has 0 saturated heterocycles. The van der Waals surface area contributed by atoms with Gasteiger partial charge in [0.15, 0.2) is 5.82 Å². The molecule has 0 N–H and O–H groups in total. The zero-order valence-electron chi connectivity index (χ0n) is 18.4. The van der Waals surface area contributed by atoms with E-state index in [-0.39, 0.29) is 0 Å². The maximum Gasteiger partial charge on any atom is 0.159 e. The van der Waals surface area contributed by atoms with Crippen LogP contribution in [-0.4, -0.2) is 9.97 Å². The zero-order valence-corrected chi connectivity index (χ0v) is 18.4. The molecule has 0 saturated carbocycles. The molecule has 0 unspecified atom stereocenters. The van der Waals surface area contributed by atoms with Gasteiger partial charge >= 0.3 is 0 Å². The summed E-state index contributed by atoms with van der Waals surface area (Å²) in [5.74, 6) is 1.63. The standard InChI is InChI=1S/C27H34N2O/c1-3-5-7-8-10-24-19-28-27(29-20-24)25-15-17-26(18-16-25)30-21-23-13-11-22(12-14-23)9-6-4-2/h11-20H,3-10,21H2,1-2H3. The van der Waals surface area contributed by atoms with Crippen LogP contribution in [0.2, 0.25) is 0 Å². The third-order valence-electron chi connectivity index (χ3n) is 5.38. The van der Waals surface area contributed by atoms with Gasteiger partial charge in [0.25, 0.3) is 0 Å². The number of nitrogens with zero attached hydrogens (tertiary/aromatic N) is 2. The van der Waals surface area contributed by atoms with Gasteiger partial charge in [-0.3, -0.25) is 0 Å². The number of hydrogen-bond donors (Lipinski definition) is 0. The normalized spacial score (nSPS) is 10.9. The first-order chi connectivity index (χ1) is 14.8. The van der Waals surface area contributed by atoms with Crippen molar-refractivity contribution < 1.29 is 4.74 Å². The SMILES string of the molecule is CCCCCCc1cnc(-c2ccc(OCc3ccc(CCCC)cc3)cc2)nc1. The van der Waals surface area contributed by atoms with Gasteiger partial charge in [-0.25, -0.2) is 9.97 Å². The number of aromatic nitrogens is 2. The van der Waals surface area contributed by atoms with Crippen LogP contribution in [0.25, 0.3) is 11.4 Å². The highest BCUT2D eigenvalue weighted by atomic mass is 16.5. The largest absolute Gasteiger partial charge is 0.489 e. The first kappa shape index (κ1) is 22.0. The van der Waals surface area contributed by atoms with E-state index in [0.29, 0.717) is 6.61 Å². The van der Waals surface area contributed by atoms with Gasteiger partial charge in [0.1, 0.15) is 12.4 Å². The number of benzene rings is 2. The van der Waals surface area contributed by atoms with E-state index in [1.54, 1.807) is 0 Å². The zero-order chi connectivity index (χ0) is 21.0. The summed E-state index contributed by atoms with van der Waals surface area (Å²) < 4.78 is 5.95. The average Bonchev–Trinajstić information content (AvgIpc) is 2.81. The van der Waals surface area contributed by atoms with Crippen molar-refractivity contribution in [2.45, 2.75) is 71.8 Å². The Morgan fingerprint density at radius 3 is 1.93 bits per heavy atom. The van der Waals surface area contributed by atoms with Crippen LogP contribution in [0.15, 0.2) is 60.9 Å². The summed E-state index contributed by atoms with van der Waals surface area (Å²) in [6.07, 6.45) is 13.7. The summed E-state index contributed by atoms with van der Waals surface area (Å²) in [6.45, 7) is 5.04. The van der Waals surface area contributed by atoms with E-state index in [1.807, 2.05) is 36.7 Å². The number of rotatable bonds is 12. The lowest BCUT2D eigenvalue weighted by Crippen LogP contribution is -1.96. The van der Waals surface area contributed by atoms with E-state index in [2.05, 4.69) is 48.1 Å². The van der Waals surface area contributed by atoms with Gasteiger partial charge in [-0.2, -0.15) is 0 Å². The minimum absolute atomic E-state index is 0.580. The molecule has 0 atom stereocenters. The molecule has 0 radical (unpaired) electrons. The Morgan fingerprint density at radius 1 is 0.633 bits per heavy atom. The van der Waals surface area contributed by atoms with E-state index in [0.717, 1.165) is 30.0 Å². The van der Waals surface area contributed by atoms with Crippen LogP contribution >= 0.6 is 0 Å². The van der Waals surface area contributed by atoms with E-state index >= 15 is 0 Å². The quantitative estimate of drug-likeness (QED) is 0.301. The predicted octanol–water partition coefficient (Wildman–Crippen LogP) is 7.19. The average molecular weight is 403 g/mol. The van der Waals surface area contributed by atoms with E-state index in [1.165, 1.54) is 55.2 Å².